The highest BCUT2D eigenvalue weighted by atomic mass is 35.5. The maximum Gasteiger partial charge on any atom is 0.268 e. The van der Waals surface area contributed by atoms with Crippen LogP contribution in [0.5, 0.6) is 0 Å². The van der Waals surface area contributed by atoms with E-state index in [0.717, 1.165) is 39.4 Å². The highest BCUT2D eigenvalue weighted by molar-refractivity contribution is 6.31. The number of hydrogen-bond donors (Lipinski definition) is 3. The van der Waals surface area contributed by atoms with Gasteiger partial charge in [0.15, 0.2) is 5.66 Å². The van der Waals surface area contributed by atoms with Crippen LogP contribution in [0.2, 0.25) is 5.02 Å². The van der Waals surface area contributed by atoms with Gasteiger partial charge in [-0.3, -0.25) is 14.5 Å². The van der Waals surface area contributed by atoms with E-state index in [1.54, 1.807) is 29.3 Å². The summed E-state index contributed by atoms with van der Waals surface area (Å²) in [5.41, 5.74) is 3.05. The number of anilines is 1. The van der Waals surface area contributed by atoms with E-state index in [4.69, 9.17) is 11.6 Å². The number of halogens is 1. The summed E-state index contributed by atoms with van der Waals surface area (Å²) in [5.74, 6) is -0.613. The minimum Gasteiger partial charge on any atom is -0.361 e. The van der Waals surface area contributed by atoms with E-state index in [9.17, 15) is 10.1 Å². The molecule has 6 rings (SSSR count). The number of benzene rings is 3. The Morgan fingerprint density at radius 1 is 1.00 bits per heavy atom. The molecule has 3 N–H and O–H groups in total. The number of fused-ring (bicyclic) bond motifs is 2. The number of carbonyl (C=O) groups excluding carboxylic acids is 2. The van der Waals surface area contributed by atoms with Crippen LogP contribution in [0.3, 0.4) is 0 Å². The van der Waals surface area contributed by atoms with Crippen molar-refractivity contribution in [3.05, 3.63) is 113 Å². The van der Waals surface area contributed by atoms with Crippen molar-refractivity contribution >= 4 is 50.9 Å². The third kappa shape index (κ3) is 5.41. The van der Waals surface area contributed by atoms with Gasteiger partial charge in [0.2, 0.25) is 5.91 Å². The van der Waals surface area contributed by atoms with E-state index in [1.165, 1.54) is 6.92 Å². The van der Waals surface area contributed by atoms with Crippen LogP contribution < -0.4 is 10.2 Å². The van der Waals surface area contributed by atoms with E-state index in [-0.39, 0.29) is 24.8 Å². The fourth-order valence-electron chi connectivity index (χ4n) is 6.02. The van der Waals surface area contributed by atoms with Crippen molar-refractivity contribution in [1.82, 2.24) is 20.2 Å². The fraction of sp³-hybridized carbons (Fsp3) is 0.206. The largest absolute Gasteiger partial charge is 0.361 e. The molecule has 0 spiro atoms. The van der Waals surface area contributed by atoms with E-state index in [0.29, 0.717) is 29.4 Å². The normalized spacial score (nSPS) is 14.8. The average Bonchev–Trinajstić information content (AvgIpc) is 3.64. The molecular weight excluding hydrogens is 560 g/mol. The van der Waals surface area contributed by atoms with Crippen molar-refractivity contribution < 1.29 is 9.59 Å². The maximum absolute atomic E-state index is 15.4. The fourth-order valence-corrected chi connectivity index (χ4v) is 6.21. The third-order valence-corrected chi connectivity index (χ3v) is 8.44. The molecule has 0 fully saturated rings. The van der Waals surface area contributed by atoms with E-state index >= 15 is 4.79 Å². The van der Waals surface area contributed by atoms with Crippen molar-refractivity contribution in [1.29, 1.82) is 5.26 Å². The standard InChI is InChI=1S/C34H31ClN6O2/c1-23(42)39-34(40-15-7-2-8-16-40,18-26-20-37-30-12-6-4-10-27(26)30)33(43)41(22-25-9-3-5-11-29(25)35)32-21-38-31-14-13-24(19-36)17-28(31)32/h2-7,9-14,17,20-21,37-38H,8,15-16,18,22H2,1H3,(H,39,42). The number of rotatable bonds is 8. The molecule has 216 valence electrons. The molecule has 9 heteroatoms. The van der Waals surface area contributed by atoms with E-state index in [2.05, 4.69) is 27.4 Å². The van der Waals surface area contributed by atoms with Crippen molar-refractivity contribution in [2.75, 3.05) is 18.0 Å². The zero-order valence-corrected chi connectivity index (χ0v) is 24.5. The summed E-state index contributed by atoms with van der Waals surface area (Å²) in [5, 5.41) is 15.0. The second-order valence-corrected chi connectivity index (χ2v) is 11.2. The molecule has 43 heavy (non-hydrogen) atoms. The monoisotopic (exact) mass is 590 g/mol. The summed E-state index contributed by atoms with van der Waals surface area (Å²) in [6.45, 7) is 2.67. The SMILES string of the molecule is CC(=O)NC(Cc1c[nH]c2ccccc12)(C(=O)N(Cc1ccccc1Cl)c1c[nH]c2ccc(C#N)cc12)N1CC=CCC1. The summed E-state index contributed by atoms with van der Waals surface area (Å²) in [4.78, 5) is 38.7. The Labute approximate surface area is 254 Å². The first-order valence-electron chi connectivity index (χ1n) is 14.2. The van der Waals surface area contributed by atoms with Crippen LogP contribution in [0.15, 0.2) is 91.3 Å². The lowest BCUT2D eigenvalue weighted by Gasteiger charge is -2.46. The first-order valence-corrected chi connectivity index (χ1v) is 14.6. The summed E-state index contributed by atoms with van der Waals surface area (Å²) < 4.78 is 0. The first kappa shape index (κ1) is 28.3. The molecule has 0 saturated heterocycles. The minimum absolute atomic E-state index is 0.154. The number of carbonyl (C=O) groups is 2. The minimum atomic E-state index is -1.43. The van der Waals surface area contributed by atoms with Gasteiger partial charge >= 0.3 is 0 Å². The number of H-pyrrole nitrogens is 2. The zero-order valence-electron chi connectivity index (χ0n) is 23.7. The van der Waals surface area contributed by atoms with Gasteiger partial charge in [-0.2, -0.15) is 5.26 Å². The Morgan fingerprint density at radius 3 is 2.53 bits per heavy atom. The zero-order chi connectivity index (χ0) is 30.0. The van der Waals surface area contributed by atoms with Crippen molar-refractivity contribution in [3.63, 3.8) is 0 Å². The Hall–Kier alpha value is -4.84. The van der Waals surface area contributed by atoms with Crippen LogP contribution in [0.4, 0.5) is 5.69 Å². The van der Waals surface area contributed by atoms with Gasteiger partial charge < -0.3 is 20.2 Å². The van der Waals surface area contributed by atoms with Gasteiger partial charge in [0.1, 0.15) is 0 Å². The summed E-state index contributed by atoms with van der Waals surface area (Å²) >= 11 is 6.65. The maximum atomic E-state index is 15.4. The molecule has 0 saturated carbocycles. The number of nitriles is 1. The molecule has 0 radical (unpaired) electrons. The Balaban J connectivity index is 1.56. The van der Waals surface area contributed by atoms with Gasteiger partial charge in [-0.25, -0.2) is 0 Å². The number of para-hydroxylation sites is 1. The molecule has 2 amide bonds. The molecule has 3 heterocycles. The molecule has 2 aromatic heterocycles. The van der Waals surface area contributed by atoms with Gasteiger partial charge in [0.25, 0.3) is 5.91 Å². The number of nitrogens with one attached hydrogen (secondary N) is 3. The number of hydrogen-bond acceptors (Lipinski definition) is 4. The first-order chi connectivity index (χ1) is 20.9. The number of aromatic nitrogens is 2. The lowest BCUT2D eigenvalue weighted by Crippen LogP contribution is -2.70. The van der Waals surface area contributed by atoms with E-state index in [1.807, 2.05) is 65.7 Å². The molecule has 1 unspecified atom stereocenters. The molecule has 3 aromatic carbocycles. The van der Waals surface area contributed by atoms with Gasteiger partial charge in [-0.15, -0.1) is 0 Å². The Bertz CT molecular complexity index is 1900. The van der Waals surface area contributed by atoms with Crippen LogP contribution in [-0.4, -0.2) is 45.4 Å². The third-order valence-electron chi connectivity index (χ3n) is 8.07. The molecule has 8 nitrogen and oxygen atoms in total. The summed E-state index contributed by atoms with van der Waals surface area (Å²) in [6, 6.07) is 22.9. The van der Waals surface area contributed by atoms with Crippen molar-refractivity contribution in [2.24, 2.45) is 0 Å². The molecule has 1 aliphatic rings. The highest BCUT2D eigenvalue weighted by Crippen LogP contribution is 2.35. The van der Waals surface area contributed by atoms with Crippen LogP contribution in [0, 0.1) is 11.3 Å². The Morgan fingerprint density at radius 2 is 1.77 bits per heavy atom. The molecule has 5 aromatic rings. The van der Waals surface area contributed by atoms with Crippen LogP contribution in [0.1, 0.15) is 30.0 Å². The van der Waals surface area contributed by atoms with Gasteiger partial charge in [0.05, 0.1) is 23.9 Å². The number of nitrogens with zero attached hydrogens (tertiary/aromatic N) is 3. The molecule has 0 bridgehead atoms. The van der Waals surface area contributed by atoms with Gasteiger partial charge in [-0.05, 0) is 47.9 Å². The van der Waals surface area contributed by atoms with Gasteiger partial charge in [-0.1, -0.05) is 60.2 Å². The Kier molecular flexibility index (Phi) is 7.76. The van der Waals surface area contributed by atoms with Crippen LogP contribution in [-0.2, 0) is 22.6 Å². The molecule has 1 atom stereocenters. The van der Waals surface area contributed by atoms with Crippen molar-refractivity contribution in [3.8, 4) is 6.07 Å². The lowest BCUT2D eigenvalue weighted by atomic mass is 9.93. The molecule has 1 aliphatic heterocycles. The highest BCUT2D eigenvalue weighted by Gasteiger charge is 2.48. The number of aromatic amines is 2. The van der Waals surface area contributed by atoms with Crippen LogP contribution >= 0.6 is 11.6 Å². The smallest absolute Gasteiger partial charge is 0.268 e. The van der Waals surface area contributed by atoms with Crippen molar-refractivity contribution in [2.45, 2.75) is 32.0 Å². The lowest BCUT2D eigenvalue weighted by molar-refractivity contribution is -0.139. The predicted molar refractivity (Wildman–Crippen MR) is 170 cm³/mol. The number of amides is 2. The predicted octanol–water partition coefficient (Wildman–Crippen LogP) is 6.04. The second kappa shape index (κ2) is 11.8. The summed E-state index contributed by atoms with van der Waals surface area (Å²) in [6.07, 6.45) is 8.79. The van der Waals surface area contributed by atoms with Crippen LogP contribution in [0.25, 0.3) is 21.8 Å². The second-order valence-electron chi connectivity index (χ2n) is 10.8. The summed E-state index contributed by atoms with van der Waals surface area (Å²) in [7, 11) is 0. The van der Waals surface area contributed by atoms with E-state index < -0.39 is 5.66 Å². The molecular formula is C34H31ClN6O2. The van der Waals surface area contributed by atoms with Gasteiger partial charge in [0, 0.05) is 65.7 Å². The topological polar surface area (TPSA) is 108 Å². The average molecular weight is 591 g/mol. The molecule has 0 aliphatic carbocycles. The quantitative estimate of drug-likeness (QED) is 0.191.